The maximum absolute atomic E-state index is 11.9. The molecule has 4 heterocycles. The average molecular weight is 461 g/mol. The van der Waals surface area contributed by atoms with E-state index in [0.717, 1.165) is 61.5 Å². The number of hydrogen-bond donors (Lipinski definition) is 1. The fourth-order valence-electron chi connectivity index (χ4n) is 4.61. The molecular formula is C20H28N8O3S. The summed E-state index contributed by atoms with van der Waals surface area (Å²) in [6.45, 7) is 3.60. The third-order valence-corrected chi connectivity index (χ3v) is 8.00. The number of ether oxygens (including phenoxy) is 1. The van der Waals surface area contributed by atoms with Crippen molar-refractivity contribution in [2.75, 3.05) is 61.7 Å². The Labute approximate surface area is 187 Å². The molecule has 2 aromatic heterocycles. The van der Waals surface area contributed by atoms with Gasteiger partial charge in [-0.15, -0.1) is 0 Å². The van der Waals surface area contributed by atoms with Crippen LogP contribution in [0.5, 0.6) is 0 Å². The Balaban J connectivity index is 1.47. The molecule has 0 amide bonds. The zero-order chi connectivity index (χ0) is 22.5. The van der Waals surface area contributed by atoms with E-state index in [9.17, 15) is 8.42 Å². The molecule has 3 aliphatic rings. The summed E-state index contributed by atoms with van der Waals surface area (Å²) in [4.78, 5) is 22.6. The van der Waals surface area contributed by atoms with Crippen molar-refractivity contribution in [1.29, 1.82) is 0 Å². The number of hydrogen-bond acceptors (Lipinski definition) is 10. The molecule has 172 valence electrons. The Hall–Kier alpha value is -2.57. The van der Waals surface area contributed by atoms with E-state index in [1.54, 1.807) is 19.4 Å². The van der Waals surface area contributed by atoms with Crippen molar-refractivity contribution >= 4 is 27.7 Å². The first kappa shape index (κ1) is 21.3. The number of morpholine rings is 1. The number of anilines is 3. The molecular weight excluding hydrogens is 432 g/mol. The van der Waals surface area contributed by atoms with Crippen LogP contribution in [-0.4, -0.2) is 90.9 Å². The SMILES string of the molecule is CN([C@H]1C[C@H](N2CCc3c(-c4cnc(N)nc4)nc(N4CCOCC4)nc32)C1)S(C)(=O)=O. The second-order valence-electron chi connectivity index (χ2n) is 8.61. The van der Waals surface area contributed by atoms with Gasteiger partial charge >= 0.3 is 0 Å². The van der Waals surface area contributed by atoms with E-state index in [1.165, 1.54) is 10.6 Å². The van der Waals surface area contributed by atoms with Crippen molar-refractivity contribution in [3.8, 4) is 11.3 Å². The zero-order valence-corrected chi connectivity index (χ0v) is 19.1. The molecule has 32 heavy (non-hydrogen) atoms. The number of fused-ring (bicyclic) bond motifs is 1. The number of nitrogen functional groups attached to an aromatic ring is 1. The molecule has 2 N–H and O–H groups in total. The Morgan fingerprint density at radius 3 is 2.47 bits per heavy atom. The van der Waals surface area contributed by atoms with Crippen LogP contribution in [-0.2, 0) is 21.2 Å². The van der Waals surface area contributed by atoms with Crippen molar-refractivity contribution in [1.82, 2.24) is 24.2 Å². The van der Waals surface area contributed by atoms with Crippen LogP contribution in [0.4, 0.5) is 17.7 Å². The van der Waals surface area contributed by atoms with Crippen LogP contribution in [0.25, 0.3) is 11.3 Å². The molecule has 5 rings (SSSR count). The second kappa shape index (κ2) is 8.09. The minimum absolute atomic E-state index is 0.0320. The summed E-state index contributed by atoms with van der Waals surface area (Å²) in [6, 6.07) is 0.290. The predicted molar refractivity (Wildman–Crippen MR) is 121 cm³/mol. The van der Waals surface area contributed by atoms with Gasteiger partial charge in [0.1, 0.15) is 5.82 Å². The number of aromatic nitrogens is 4. The summed E-state index contributed by atoms with van der Waals surface area (Å²) < 4.78 is 30.8. The summed E-state index contributed by atoms with van der Waals surface area (Å²) in [5.41, 5.74) is 8.42. The number of nitrogens with zero attached hydrogens (tertiary/aromatic N) is 7. The highest BCUT2D eigenvalue weighted by Gasteiger charge is 2.42. The maximum atomic E-state index is 11.9. The van der Waals surface area contributed by atoms with E-state index >= 15 is 0 Å². The third kappa shape index (κ3) is 3.86. The quantitative estimate of drug-likeness (QED) is 0.657. The fraction of sp³-hybridized carbons (Fsp3) is 0.600. The lowest BCUT2D eigenvalue weighted by atomic mass is 9.86. The molecule has 0 bridgehead atoms. The van der Waals surface area contributed by atoms with Crippen molar-refractivity contribution in [2.45, 2.75) is 31.3 Å². The molecule has 2 aromatic rings. The third-order valence-electron chi connectivity index (χ3n) is 6.65. The summed E-state index contributed by atoms with van der Waals surface area (Å²) in [5, 5.41) is 0. The van der Waals surface area contributed by atoms with Gasteiger partial charge < -0.3 is 20.3 Å². The Morgan fingerprint density at radius 2 is 1.81 bits per heavy atom. The van der Waals surface area contributed by atoms with Crippen LogP contribution in [0.15, 0.2) is 12.4 Å². The normalized spacial score (nSPS) is 23.3. The molecule has 12 heteroatoms. The Kier molecular flexibility index (Phi) is 5.38. The predicted octanol–water partition coefficient (Wildman–Crippen LogP) is 0.137. The zero-order valence-electron chi connectivity index (χ0n) is 18.3. The first-order valence-corrected chi connectivity index (χ1v) is 12.7. The monoisotopic (exact) mass is 460 g/mol. The van der Waals surface area contributed by atoms with E-state index < -0.39 is 10.0 Å². The summed E-state index contributed by atoms with van der Waals surface area (Å²) in [6.07, 6.45) is 7.07. The molecule has 2 fully saturated rings. The highest BCUT2D eigenvalue weighted by molar-refractivity contribution is 7.88. The lowest BCUT2D eigenvalue weighted by Gasteiger charge is -2.45. The summed E-state index contributed by atoms with van der Waals surface area (Å²) >= 11 is 0. The maximum Gasteiger partial charge on any atom is 0.228 e. The van der Waals surface area contributed by atoms with Gasteiger partial charge in [0.05, 0.1) is 25.2 Å². The lowest BCUT2D eigenvalue weighted by molar-refractivity contribution is 0.122. The second-order valence-corrected chi connectivity index (χ2v) is 10.6. The van der Waals surface area contributed by atoms with Gasteiger partial charge in [0.25, 0.3) is 0 Å². The van der Waals surface area contributed by atoms with Crippen LogP contribution >= 0.6 is 0 Å². The van der Waals surface area contributed by atoms with Gasteiger partial charge in [-0.05, 0) is 19.3 Å². The molecule has 2 aliphatic heterocycles. The molecule has 0 aromatic carbocycles. The Bertz CT molecular complexity index is 1100. The lowest BCUT2D eigenvalue weighted by Crippen LogP contribution is -2.54. The standard InChI is InChI=1S/C20H28N8O3S/c1-26(32(2,29)30)14-9-15(10-14)28-4-3-16-17(13-11-22-19(21)23-12-13)24-20(25-18(16)28)27-5-7-31-8-6-27/h11-12,14-15H,3-10H2,1-2H3,(H2,21,22,23)/t14-,15-. The first-order valence-electron chi connectivity index (χ1n) is 10.8. The average Bonchev–Trinajstić information content (AvgIpc) is 3.16. The van der Waals surface area contributed by atoms with Crippen molar-refractivity contribution in [3.63, 3.8) is 0 Å². The molecule has 1 saturated heterocycles. The minimum Gasteiger partial charge on any atom is -0.378 e. The van der Waals surface area contributed by atoms with Crippen molar-refractivity contribution in [3.05, 3.63) is 18.0 Å². The topological polar surface area (TPSA) is 131 Å². The fourth-order valence-corrected chi connectivity index (χ4v) is 5.32. The molecule has 0 atom stereocenters. The van der Waals surface area contributed by atoms with E-state index in [0.29, 0.717) is 19.2 Å². The van der Waals surface area contributed by atoms with Gasteiger partial charge in [0.15, 0.2) is 0 Å². The largest absolute Gasteiger partial charge is 0.378 e. The van der Waals surface area contributed by atoms with Gasteiger partial charge in [0.2, 0.25) is 21.9 Å². The van der Waals surface area contributed by atoms with E-state index in [-0.39, 0.29) is 18.0 Å². The van der Waals surface area contributed by atoms with Gasteiger partial charge in [-0.2, -0.15) is 4.98 Å². The molecule has 1 saturated carbocycles. The van der Waals surface area contributed by atoms with Gasteiger partial charge in [-0.3, -0.25) is 0 Å². The highest BCUT2D eigenvalue weighted by Crippen LogP contribution is 2.41. The van der Waals surface area contributed by atoms with Crippen LogP contribution in [0, 0.1) is 0 Å². The van der Waals surface area contributed by atoms with Crippen molar-refractivity contribution < 1.29 is 13.2 Å². The molecule has 0 spiro atoms. The van der Waals surface area contributed by atoms with Gasteiger partial charge in [-0.1, -0.05) is 0 Å². The first-order chi connectivity index (χ1) is 15.3. The van der Waals surface area contributed by atoms with Crippen LogP contribution in [0.2, 0.25) is 0 Å². The molecule has 11 nitrogen and oxygen atoms in total. The summed E-state index contributed by atoms with van der Waals surface area (Å²) in [7, 11) is -1.53. The number of nitrogens with two attached hydrogens (primary N) is 1. The highest BCUT2D eigenvalue weighted by atomic mass is 32.2. The minimum atomic E-state index is -3.19. The van der Waals surface area contributed by atoms with E-state index in [4.69, 9.17) is 20.4 Å². The van der Waals surface area contributed by atoms with Gasteiger partial charge in [-0.25, -0.2) is 27.7 Å². The van der Waals surface area contributed by atoms with Crippen LogP contribution in [0.3, 0.4) is 0 Å². The number of rotatable bonds is 5. The van der Waals surface area contributed by atoms with Crippen molar-refractivity contribution in [2.24, 2.45) is 0 Å². The summed E-state index contributed by atoms with van der Waals surface area (Å²) in [5.74, 6) is 1.83. The van der Waals surface area contributed by atoms with Crippen LogP contribution in [0.1, 0.15) is 18.4 Å². The van der Waals surface area contributed by atoms with E-state index in [1.807, 2.05) is 0 Å². The smallest absolute Gasteiger partial charge is 0.228 e. The van der Waals surface area contributed by atoms with Gasteiger partial charge in [0, 0.05) is 62.3 Å². The molecule has 0 unspecified atom stereocenters. The Morgan fingerprint density at radius 1 is 1.12 bits per heavy atom. The van der Waals surface area contributed by atoms with Crippen LogP contribution < -0.4 is 15.5 Å². The molecule has 0 radical (unpaired) electrons. The molecule has 1 aliphatic carbocycles. The number of sulfonamides is 1. The van der Waals surface area contributed by atoms with E-state index in [2.05, 4.69) is 19.8 Å².